The van der Waals surface area contributed by atoms with Crippen LogP contribution in [0.25, 0.3) is 0 Å². The van der Waals surface area contributed by atoms with Crippen molar-refractivity contribution >= 4 is 35.8 Å². The third-order valence-electron chi connectivity index (χ3n) is 16.3. The smallest absolute Gasteiger partial charge is 0.314 e. The van der Waals surface area contributed by atoms with E-state index < -0.39 is 153 Å². The lowest BCUT2D eigenvalue weighted by Gasteiger charge is -2.41. The molecule has 0 spiro atoms. The first-order valence-corrected chi connectivity index (χ1v) is 33.4. The summed E-state index contributed by atoms with van der Waals surface area (Å²) in [6.07, 6.45) is -12.3. The number of aliphatic hydroxyl groups excluding tert-OH is 9. The van der Waals surface area contributed by atoms with Gasteiger partial charge in [-0.25, -0.2) is 14.4 Å². The normalized spacial score (nSPS) is 25.2. The van der Waals surface area contributed by atoms with Crippen LogP contribution in [0.4, 0.5) is 14.4 Å². The maximum absolute atomic E-state index is 12.7. The van der Waals surface area contributed by atoms with E-state index in [-0.39, 0.29) is 116 Å². The van der Waals surface area contributed by atoms with Gasteiger partial charge in [-0.2, -0.15) is 0 Å². The number of amides is 9. The Labute approximate surface area is 581 Å². The molecule has 3 aliphatic rings. The Kier molecular flexibility index (Phi) is 36.1. The molecule has 3 saturated heterocycles. The minimum Gasteiger partial charge on any atom is -0.394 e. The van der Waals surface area contributed by atoms with Crippen molar-refractivity contribution in [1.29, 1.82) is 0 Å². The van der Waals surface area contributed by atoms with Crippen LogP contribution < -0.4 is 53.6 Å². The molecule has 3 aromatic heterocycles. The molecule has 0 saturated carbocycles. The van der Waals surface area contributed by atoms with Gasteiger partial charge in [0.2, 0.25) is 17.7 Å². The average Bonchev–Trinajstić information content (AvgIpc) is 1.78. The Morgan fingerprint density at radius 3 is 0.921 bits per heavy atom. The van der Waals surface area contributed by atoms with Gasteiger partial charge in [0.1, 0.15) is 90.3 Å². The van der Waals surface area contributed by atoms with Gasteiger partial charge in [-0.1, -0.05) is 15.5 Å². The second kappa shape index (κ2) is 43.9. The molecule has 9 amide bonds. The molecular weight excluding hydrogens is 1350 g/mol. The Morgan fingerprint density at radius 1 is 0.406 bits per heavy atom. The second-order valence-electron chi connectivity index (χ2n) is 24.3. The zero-order chi connectivity index (χ0) is 73.3. The van der Waals surface area contributed by atoms with Gasteiger partial charge >= 0.3 is 18.1 Å². The standard InChI is InChI=1S/C61H101N13O27/c1-34(78)69-46-52(84)49(81)43(28-75)96-55(46)40-25-37(72-99-40)31-93-22-19-90-16-13-66-58(87)63-10-4-7-61(62,8-5-11-64-59(88)67-14-17-91-20-23-94-32-38-26-41(100-73-38)56-47(70-35(2)79)53(85)50(82)44(29-76)97-56)9-6-12-65-60(89)68-15-18-92-21-24-95-33-39-27-42(101-74-39)57-48(71-36(3)80)54(86)51(83)45(30-77)98-57/h25-27,43-57,75-77,81-86H,4-24,28-33,62H2,1-3H3,(H,69,78)(H,70,79)(H,71,80)(H2,63,66,87)(H2,64,67,88)(H2,65,68,89)/t43-,44-,45-,46-,47-,48-,49+,50+,51+,52-,53-,54-,55-,56-,57-/m1/s1. The van der Waals surface area contributed by atoms with Crippen molar-refractivity contribution in [2.75, 3.05) is 119 Å². The van der Waals surface area contributed by atoms with Gasteiger partial charge < -0.3 is 156 Å². The van der Waals surface area contributed by atoms with Crippen LogP contribution in [0.5, 0.6) is 0 Å². The number of hydrogen-bond acceptors (Lipinski definition) is 31. The lowest BCUT2D eigenvalue weighted by molar-refractivity contribution is -0.201. The number of aliphatic hydroxyl groups is 9. The summed E-state index contributed by atoms with van der Waals surface area (Å²) in [5.41, 5.74) is 7.35. The van der Waals surface area contributed by atoms with Crippen molar-refractivity contribution in [3.05, 3.63) is 52.6 Å². The van der Waals surface area contributed by atoms with E-state index in [9.17, 15) is 74.7 Å². The molecule has 0 aliphatic carbocycles. The summed E-state index contributed by atoms with van der Waals surface area (Å²) < 4.78 is 67.0. The lowest BCUT2D eigenvalue weighted by atomic mass is 9.85. The maximum Gasteiger partial charge on any atom is 0.314 e. The highest BCUT2D eigenvalue weighted by Gasteiger charge is 2.49. The Morgan fingerprint density at radius 2 is 0.663 bits per heavy atom. The third-order valence-corrected chi connectivity index (χ3v) is 16.3. The first-order chi connectivity index (χ1) is 48.5. The molecule has 40 nitrogen and oxygen atoms in total. The van der Waals surface area contributed by atoms with E-state index in [2.05, 4.69) is 63.3 Å². The molecule has 0 unspecified atom stereocenters. The fraction of sp³-hybridized carbons (Fsp3) is 0.754. The predicted octanol–water partition coefficient (Wildman–Crippen LogP) is -5.44. The number of nitrogens with two attached hydrogens (primary N) is 1. The molecule has 0 radical (unpaired) electrons. The van der Waals surface area contributed by atoms with Gasteiger partial charge in [0, 0.05) is 83.8 Å². The minimum absolute atomic E-state index is 0.0150. The van der Waals surface area contributed by atoms with Gasteiger partial charge in [0.05, 0.1) is 117 Å². The van der Waals surface area contributed by atoms with Crippen molar-refractivity contribution in [2.24, 2.45) is 5.73 Å². The molecule has 0 aromatic carbocycles. The SMILES string of the molecule is CC(=O)N[C@@H]1[C@@H](O)[C@@H](O)[C@@H](CO)O[C@@H]1c1cc(COCCOCCNC(=O)NCCCC(N)(CCCNC(=O)NCCOCCOCc2cc([C@H]3O[C@H](CO)[C@H](O)[C@H](O)[C@H]3NC(C)=O)on2)CCCNC(=O)NCCOCCOCc2cc([C@H]3O[C@H](CO)[C@H](O)[C@H](O)[C@H]3NC(C)=O)on2)no1. The molecule has 20 N–H and O–H groups in total. The Bertz CT molecular complexity index is 2630. The average molecular weight is 1450 g/mol. The van der Waals surface area contributed by atoms with E-state index in [1.165, 1.54) is 39.0 Å². The van der Waals surface area contributed by atoms with Crippen molar-refractivity contribution in [3.8, 4) is 0 Å². The summed E-state index contributed by atoms with van der Waals surface area (Å²) in [6.45, 7) is 5.01. The van der Waals surface area contributed by atoms with Crippen molar-refractivity contribution in [3.63, 3.8) is 0 Å². The molecule has 15 atom stereocenters. The third kappa shape index (κ3) is 27.7. The molecule has 0 bridgehead atoms. The summed E-state index contributed by atoms with van der Waals surface area (Å²) in [5, 5.41) is 128. The van der Waals surface area contributed by atoms with Crippen LogP contribution in [0.15, 0.2) is 31.8 Å². The van der Waals surface area contributed by atoms with E-state index in [4.69, 9.17) is 61.9 Å². The van der Waals surface area contributed by atoms with E-state index in [1.54, 1.807) is 0 Å². The number of carbonyl (C=O) groups excluding carboxylic acids is 6. The van der Waals surface area contributed by atoms with Gasteiger partial charge in [-0.15, -0.1) is 0 Å². The van der Waals surface area contributed by atoms with Crippen LogP contribution >= 0.6 is 0 Å². The second-order valence-corrected chi connectivity index (χ2v) is 24.3. The molecule has 6 heterocycles. The van der Waals surface area contributed by atoms with Gasteiger partial charge in [-0.3, -0.25) is 14.4 Å². The van der Waals surface area contributed by atoms with Crippen LogP contribution in [0.2, 0.25) is 0 Å². The Balaban J connectivity index is 0.843. The van der Waals surface area contributed by atoms with E-state index in [0.717, 1.165) is 0 Å². The molecule has 6 rings (SSSR count). The molecule has 3 aliphatic heterocycles. The first kappa shape index (κ1) is 83.0. The van der Waals surface area contributed by atoms with Crippen LogP contribution in [-0.2, 0) is 76.8 Å². The fourth-order valence-corrected chi connectivity index (χ4v) is 11.2. The first-order valence-electron chi connectivity index (χ1n) is 33.4. The zero-order valence-electron chi connectivity index (χ0n) is 56.8. The van der Waals surface area contributed by atoms with Crippen molar-refractivity contribution in [2.45, 2.75) is 176 Å². The summed E-state index contributed by atoms with van der Waals surface area (Å²) in [6, 6.07) is 0.0324. The predicted molar refractivity (Wildman–Crippen MR) is 343 cm³/mol. The van der Waals surface area contributed by atoms with Crippen molar-refractivity contribution in [1.82, 2.24) is 63.3 Å². The highest BCUT2D eigenvalue weighted by molar-refractivity contribution is 5.75. The molecule has 3 fully saturated rings. The molecular formula is C61H101N13O27. The number of rotatable bonds is 45. The highest BCUT2D eigenvalue weighted by atomic mass is 16.6. The molecule has 101 heavy (non-hydrogen) atoms. The van der Waals surface area contributed by atoms with Crippen molar-refractivity contribution < 1.29 is 131 Å². The van der Waals surface area contributed by atoms with E-state index >= 15 is 0 Å². The van der Waals surface area contributed by atoms with Gasteiger partial charge in [-0.05, 0) is 38.5 Å². The highest BCUT2D eigenvalue weighted by Crippen LogP contribution is 2.36. The van der Waals surface area contributed by atoms with Gasteiger partial charge in [0.15, 0.2) is 17.3 Å². The number of carbonyl (C=O) groups is 6. The number of nitrogens with zero attached hydrogens (tertiary/aromatic N) is 3. The van der Waals surface area contributed by atoms with Crippen LogP contribution in [0.1, 0.15) is 112 Å². The number of aromatic nitrogens is 3. The summed E-state index contributed by atoms with van der Waals surface area (Å²) in [7, 11) is 0. The molecule has 572 valence electrons. The van der Waals surface area contributed by atoms with Crippen LogP contribution in [-0.4, -0.2) is 294 Å². The topological polar surface area (TPSA) is 580 Å². The monoisotopic (exact) mass is 1450 g/mol. The van der Waals surface area contributed by atoms with Crippen LogP contribution in [0, 0.1) is 0 Å². The number of hydrogen-bond donors (Lipinski definition) is 19. The van der Waals surface area contributed by atoms with E-state index in [0.29, 0.717) is 75.2 Å². The largest absolute Gasteiger partial charge is 0.394 e. The number of ether oxygens (including phenoxy) is 9. The summed E-state index contributed by atoms with van der Waals surface area (Å²) in [5.74, 6) is -1.03. The summed E-state index contributed by atoms with van der Waals surface area (Å²) >= 11 is 0. The summed E-state index contributed by atoms with van der Waals surface area (Å²) in [4.78, 5) is 73.5. The van der Waals surface area contributed by atoms with Gasteiger partial charge in [0.25, 0.3) is 0 Å². The minimum atomic E-state index is -1.46. The van der Waals surface area contributed by atoms with E-state index in [1.807, 2.05) is 0 Å². The maximum atomic E-state index is 12.7. The molecule has 40 heteroatoms. The lowest BCUT2D eigenvalue weighted by Crippen LogP contribution is -2.60. The Hall–Kier alpha value is -6.91. The number of urea groups is 3. The zero-order valence-corrected chi connectivity index (χ0v) is 56.8. The van der Waals surface area contributed by atoms with Crippen LogP contribution in [0.3, 0.4) is 0 Å². The fourth-order valence-electron chi connectivity index (χ4n) is 11.2. The quantitative estimate of drug-likeness (QED) is 0.0235. The number of nitrogens with one attached hydrogen (secondary N) is 9. The molecule has 3 aromatic rings.